The third kappa shape index (κ3) is 3.61. The van der Waals surface area contributed by atoms with Crippen molar-refractivity contribution in [2.45, 2.75) is 87.8 Å². The highest BCUT2D eigenvalue weighted by molar-refractivity contribution is 5.96. The van der Waals surface area contributed by atoms with E-state index in [4.69, 9.17) is 10.3 Å². The predicted octanol–water partition coefficient (Wildman–Crippen LogP) is 4.40. The van der Waals surface area contributed by atoms with Crippen LogP contribution < -0.4 is 10.6 Å². The minimum absolute atomic E-state index is 0.0264. The summed E-state index contributed by atoms with van der Waals surface area (Å²) in [5.74, 6) is 0.732. The third-order valence-corrected chi connectivity index (χ3v) is 9.04. The highest BCUT2D eigenvalue weighted by Crippen LogP contribution is 2.58. The van der Waals surface area contributed by atoms with E-state index in [-0.39, 0.29) is 28.5 Å². The van der Waals surface area contributed by atoms with Gasteiger partial charge in [0.05, 0.1) is 5.60 Å². The molecular formula is C26H33FN4O3. The molecule has 1 amide bonds. The smallest absolute Gasteiger partial charge is 0.264 e. The van der Waals surface area contributed by atoms with Crippen LogP contribution in [0.4, 0.5) is 15.8 Å². The second kappa shape index (κ2) is 7.26. The summed E-state index contributed by atoms with van der Waals surface area (Å²) in [6.07, 6.45) is 7.58. The number of nitrogens with two attached hydrogens (primary N) is 1. The molecule has 5 fully saturated rings. The van der Waals surface area contributed by atoms with E-state index in [1.54, 1.807) is 6.92 Å². The van der Waals surface area contributed by atoms with Crippen LogP contribution in [0.3, 0.4) is 0 Å². The van der Waals surface area contributed by atoms with Gasteiger partial charge in [-0.25, -0.2) is 4.39 Å². The molecule has 7 rings (SSSR count). The molecular weight excluding hydrogens is 435 g/mol. The van der Waals surface area contributed by atoms with Crippen molar-refractivity contribution in [1.82, 2.24) is 10.1 Å². The summed E-state index contributed by atoms with van der Waals surface area (Å²) in [6, 6.07) is 7.53. The van der Waals surface area contributed by atoms with Gasteiger partial charge in [-0.3, -0.25) is 4.79 Å². The number of benzene rings is 1. The van der Waals surface area contributed by atoms with Gasteiger partial charge in [-0.15, -0.1) is 0 Å². The fourth-order valence-electron chi connectivity index (χ4n) is 6.50. The van der Waals surface area contributed by atoms with Gasteiger partial charge in [-0.2, -0.15) is 4.98 Å². The summed E-state index contributed by atoms with van der Waals surface area (Å²) in [4.78, 5) is 20.0. The van der Waals surface area contributed by atoms with E-state index in [1.807, 2.05) is 29.2 Å². The van der Waals surface area contributed by atoms with Crippen LogP contribution in [0, 0.1) is 11.3 Å². The molecule has 0 radical (unpaired) electrons. The van der Waals surface area contributed by atoms with Crippen LogP contribution in [0.5, 0.6) is 0 Å². The lowest BCUT2D eigenvalue weighted by Gasteiger charge is -2.54. The van der Waals surface area contributed by atoms with Gasteiger partial charge in [0.2, 0.25) is 5.91 Å². The molecule has 1 aromatic heterocycles. The molecule has 0 spiro atoms. The van der Waals surface area contributed by atoms with Gasteiger partial charge in [0.25, 0.3) is 5.89 Å². The molecule has 0 aliphatic heterocycles. The largest absolute Gasteiger partial charge is 0.399 e. The Morgan fingerprint density at radius 3 is 2.44 bits per heavy atom. The SMILES string of the molecule is CC1(O)CC(C(=O)N(CC23CCC(c4noc(C5(F)CC5)n4)(CC2)CC3)c2cccc(N)c2)C1. The van der Waals surface area contributed by atoms with Crippen LogP contribution in [-0.4, -0.2) is 33.3 Å². The van der Waals surface area contributed by atoms with Crippen LogP contribution in [0.15, 0.2) is 28.8 Å². The first-order valence-corrected chi connectivity index (χ1v) is 12.5. The number of alkyl halides is 1. The van der Waals surface area contributed by atoms with Crippen molar-refractivity contribution in [3.63, 3.8) is 0 Å². The third-order valence-electron chi connectivity index (χ3n) is 9.04. The number of nitrogens with zero attached hydrogens (tertiary/aromatic N) is 3. The van der Waals surface area contributed by atoms with Crippen molar-refractivity contribution < 1.29 is 18.8 Å². The number of rotatable bonds is 6. The number of nitrogen functional groups attached to an aromatic ring is 1. The average Bonchev–Trinajstić information content (AvgIpc) is 3.34. The molecule has 7 nitrogen and oxygen atoms in total. The van der Waals surface area contributed by atoms with Crippen LogP contribution in [-0.2, 0) is 15.9 Å². The summed E-state index contributed by atoms with van der Waals surface area (Å²) in [5, 5.41) is 14.4. The van der Waals surface area contributed by atoms with Gasteiger partial charge in [-0.1, -0.05) is 11.2 Å². The van der Waals surface area contributed by atoms with E-state index in [0.29, 0.717) is 43.7 Å². The van der Waals surface area contributed by atoms with Crippen molar-refractivity contribution in [2.75, 3.05) is 17.2 Å². The van der Waals surface area contributed by atoms with Crippen LogP contribution >= 0.6 is 0 Å². The molecule has 182 valence electrons. The Labute approximate surface area is 198 Å². The Bertz CT molecular complexity index is 1090. The molecule has 0 atom stereocenters. The lowest BCUT2D eigenvalue weighted by Crippen LogP contribution is -2.54. The molecule has 5 aliphatic rings. The number of aliphatic hydroxyl groups is 1. The highest BCUT2D eigenvalue weighted by Gasteiger charge is 2.55. The van der Waals surface area contributed by atoms with Crippen molar-refractivity contribution in [3.05, 3.63) is 36.0 Å². The van der Waals surface area contributed by atoms with E-state index in [1.165, 1.54) is 0 Å². The second-order valence-electron chi connectivity index (χ2n) is 11.8. The first-order chi connectivity index (χ1) is 16.1. The number of hydrogen-bond acceptors (Lipinski definition) is 6. The van der Waals surface area contributed by atoms with Crippen molar-refractivity contribution >= 4 is 17.3 Å². The van der Waals surface area contributed by atoms with Gasteiger partial charge in [0.1, 0.15) is 0 Å². The van der Waals surface area contributed by atoms with E-state index >= 15 is 0 Å². The summed E-state index contributed by atoms with van der Waals surface area (Å²) in [5.41, 5.74) is 5.25. The van der Waals surface area contributed by atoms with Gasteiger partial charge in [0, 0.05) is 29.3 Å². The number of hydrogen-bond donors (Lipinski definition) is 2. The molecule has 2 bridgehead atoms. The molecule has 0 saturated heterocycles. The maximum absolute atomic E-state index is 14.4. The topological polar surface area (TPSA) is 105 Å². The van der Waals surface area contributed by atoms with Crippen molar-refractivity contribution in [1.29, 1.82) is 0 Å². The highest BCUT2D eigenvalue weighted by atomic mass is 19.1. The molecule has 1 heterocycles. The minimum Gasteiger partial charge on any atom is -0.399 e. The average molecular weight is 469 g/mol. The number of fused-ring (bicyclic) bond motifs is 3. The van der Waals surface area contributed by atoms with Crippen molar-refractivity contribution in [3.8, 4) is 0 Å². The predicted molar refractivity (Wildman–Crippen MR) is 125 cm³/mol. The normalized spacial score (nSPS) is 35.6. The van der Waals surface area contributed by atoms with Gasteiger partial charge >= 0.3 is 0 Å². The summed E-state index contributed by atoms with van der Waals surface area (Å²) in [7, 11) is 0. The van der Waals surface area contributed by atoms with Crippen LogP contribution in [0.25, 0.3) is 0 Å². The zero-order chi connectivity index (χ0) is 23.8. The molecule has 1 aromatic carbocycles. The number of amides is 1. The lowest BCUT2D eigenvalue weighted by atomic mass is 9.53. The molecule has 2 aromatic rings. The Balaban J connectivity index is 1.21. The summed E-state index contributed by atoms with van der Waals surface area (Å²) < 4.78 is 19.7. The Kier molecular flexibility index (Phi) is 4.70. The zero-order valence-electron chi connectivity index (χ0n) is 19.7. The number of anilines is 2. The monoisotopic (exact) mass is 468 g/mol. The van der Waals surface area contributed by atoms with Crippen LogP contribution in [0.2, 0.25) is 0 Å². The molecule has 0 unspecified atom stereocenters. The van der Waals surface area contributed by atoms with E-state index in [0.717, 1.165) is 44.2 Å². The van der Waals surface area contributed by atoms with E-state index in [9.17, 15) is 14.3 Å². The maximum Gasteiger partial charge on any atom is 0.264 e. The summed E-state index contributed by atoms with van der Waals surface area (Å²) >= 11 is 0. The Hall–Kier alpha value is -2.48. The van der Waals surface area contributed by atoms with Gasteiger partial charge in [-0.05, 0) is 94.7 Å². The van der Waals surface area contributed by atoms with Crippen molar-refractivity contribution in [2.24, 2.45) is 11.3 Å². The van der Waals surface area contributed by atoms with Crippen LogP contribution in [0.1, 0.15) is 82.8 Å². The lowest BCUT2D eigenvalue weighted by molar-refractivity contribution is -0.137. The standard InChI is InChI=1S/C26H33FN4O3/c1-23(33)14-17(15-23)20(32)31(19-4-2-3-18(28)13-19)16-24-5-8-25(9-6-24,10-7-24)21-29-22(34-30-21)26(27)11-12-26/h2-4,13,17,33H,5-12,14-16,28H2,1H3. The molecule has 3 N–H and O–H groups in total. The quantitative estimate of drug-likeness (QED) is 0.609. The number of halogens is 1. The zero-order valence-corrected chi connectivity index (χ0v) is 19.7. The number of carbonyl (C=O) groups is 1. The first kappa shape index (κ1) is 22.0. The fourth-order valence-corrected chi connectivity index (χ4v) is 6.50. The first-order valence-electron chi connectivity index (χ1n) is 12.5. The van der Waals surface area contributed by atoms with Gasteiger partial charge < -0.3 is 20.3 Å². The maximum atomic E-state index is 14.4. The minimum atomic E-state index is -1.40. The second-order valence-corrected chi connectivity index (χ2v) is 11.8. The number of carbonyl (C=O) groups excluding carboxylic acids is 1. The molecule has 8 heteroatoms. The molecule has 34 heavy (non-hydrogen) atoms. The summed E-state index contributed by atoms with van der Waals surface area (Å²) in [6.45, 7) is 2.44. The van der Waals surface area contributed by atoms with E-state index in [2.05, 4.69) is 10.1 Å². The van der Waals surface area contributed by atoms with E-state index < -0.39 is 11.3 Å². The number of aromatic nitrogens is 2. The molecule has 5 aliphatic carbocycles. The fraction of sp³-hybridized carbons (Fsp3) is 0.654. The molecule has 5 saturated carbocycles. The Morgan fingerprint density at radius 1 is 1.18 bits per heavy atom. The van der Waals surface area contributed by atoms with Gasteiger partial charge in [0.15, 0.2) is 11.5 Å². The Morgan fingerprint density at radius 2 is 1.85 bits per heavy atom.